The number of halogens is 1. The van der Waals surface area contributed by atoms with Crippen LogP contribution in [0.4, 0.5) is 5.69 Å². The van der Waals surface area contributed by atoms with Gasteiger partial charge in [-0.2, -0.15) is 0 Å². The monoisotopic (exact) mass is 325 g/mol. The van der Waals surface area contributed by atoms with Crippen molar-refractivity contribution >= 4 is 38.9 Å². The number of ether oxygens (including phenoxy) is 1. The highest BCUT2D eigenvalue weighted by Gasteiger charge is 2.11. The number of hydrogen-bond acceptors (Lipinski definition) is 4. The quantitative estimate of drug-likeness (QED) is 0.691. The number of thiophene rings is 1. The van der Waals surface area contributed by atoms with Gasteiger partial charge in [-0.05, 0) is 45.6 Å². The molecule has 1 aromatic heterocycles. The molecule has 2 aromatic rings. The third kappa shape index (κ3) is 3.34. The second-order valence-electron chi connectivity index (χ2n) is 3.70. The molecule has 1 heterocycles. The topological polar surface area (TPSA) is 52.3 Å². The molecule has 0 radical (unpaired) electrons. The van der Waals surface area contributed by atoms with Gasteiger partial charge < -0.3 is 10.5 Å². The fourth-order valence-corrected chi connectivity index (χ4v) is 2.57. The fourth-order valence-electron chi connectivity index (χ4n) is 1.48. The van der Waals surface area contributed by atoms with Gasteiger partial charge in [-0.3, -0.25) is 0 Å². The maximum atomic E-state index is 11.8. The van der Waals surface area contributed by atoms with E-state index in [-0.39, 0.29) is 5.97 Å². The molecule has 0 saturated heterocycles. The first kappa shape index (κ1) is 13.1. The summed E-state index contributed by atoms with van der Waals surface area (Å²) in [6, 6.07) is 9.08. The van der Waals surface area contributed by atoms with Gasteiger partial charge in [0.15, 0.2) is 0 Å². The molecular weight excluding hydrogens is 314 g/mol. The molecule has 0 amide bonds. The van der Waals surface area contributed by atoms with E-state index in [0.29, 0.717) is 22.3 Å². The van der Waals surface area contributed by atoms with E-state index < -0.39 is 0 Å². The molecule has 0 unspecified atom stereocenters. The van der Waals surface area contributed by atoms with Crippen molar-refractivity contribution in [2.24, 2.45) is 0 Å². The maximum absolute atomic E-state index is 11.8. The van der Waals surface area contributed by atoms with E-state index >= 15 is 0 Å². The Hall–Kier alpha value is -1.33. The van der Waals surface area contributed by atoms with Crippen LogP contribution in [0.5, 0.6) is 0 Å². The number of anilines is 1. The second-order valence-corrected chi connectivity index (χ2v) is 5.59. The lowest BCUT2D eigenvalue weighted by atomic mass is 10.2. The normalized spacial score (nSPS) is 10.3. The summed E-state index contributed by atoms with van der Waals surface area (Å²) < 4.78 is 5.91. The zero-order chi connectivity index (χ0) is 13.0. The Morgan fingerprint density at radius 2 is 2.22 bits per heavy atom. The Balaban J connectivity index is 1.93. The highest BCUT2D eigenvalue weighted by Crippen LogP contribution is 2.20. The van der Waals surface area contributed by atoms with Crippen molar-refractivity contribution < 1.29 is 9.53 Å². The summed E-state index contributed by atoms with van der Waals surface area (Å²) in [5.74, 6) is -0.356. The second kappa shape index (κ2) is 6.02. The fraction of sp³-hybridized carbons (Fsp3) is 0.154. The smallest absolute Gasteiger partial charge is 0.339 e. The van der Waals surface area contributed by atoms with Crippen molar-refractivity contribution in [3.63, 3.8) is 0 Å². The molecule has 94 valence electrons. The zero-order valence-corrected chi connectivity index (χ0v) is 12.0. The molecule has 0 aliphatic rings. The predicted molar refractivity (Wildman–Crippen MR) is 76.9 cm³/mol. The number of nitrogen functional groups attached to an aromatic ring is 1. The van der Waals surface area contributed by atoms with Crippen LogP contribution in [0.1, 0.15) is 15.2 Å². The van der Waals surface area contributed by atoms with Crippen molar-refractivity contribution in [1.82, 2.24) is 0 Å². The number of benzene rings is 1. The molecule has 0 fully saturated rings. The Kier molecular flexibility index (Phi) is 4.38. The van der Waals surface area contributed by atoms with E-state index in [9.17, 15) is 4.79 Å². The van der Waals surface area contributed by atoms with Crippen LogP contribution in [0.3, 0.4) is 0 Å². The van der Waals surface area contributed by atoms with Gasteiger partial charge >= 0.3 is 5.97 Å². The van der Waals surface area contributed by atoms with Crippen molar-refractivity contribution in [1.29, 1.82) is 0 Å². The minimum Gasteiger partial charge on any atom is -0.462 e. The van der Waals surface area contributed by atoms with Gasteiger partial charge in [0.05, 0.1) is 12.2 Å². The number of rotatable bonds is 4. The van der Waals surface area contributed by atoms with Gasteiger partial charge in [-0.15, -0.1) is 11.3 Å². The number of nitrogens with two attached hydrogens (primary N) is 1. The van der Waals surface area contributed by atoms with Crippen molar-refractivity contribution in [3.8, 4) is 0 Å². The van der Waals surface area contributed by atoms with E-state index in [1.54, 1.807) is 29.5 Å². The first-order valence-electron chi connectivity index (χ1n) is 5.41. The van der Waals surface area contributed by atoms with Crippen LogP contribution in [0.25, 0.3) is 0 Å². The number of esters is 1. The molecule has 0 spiro atoms. The first-order chi connectivity index (χ1) is 8.66. The lowest BCUT2D eigenvalue weighted by molar-refractivity contribution is 0.0509. The van der Waals surface area contributed by atoms with E-state index in [1.165, 1.54) is 4.88 Å². The Morgan fingerprint density at radius 3 is 2.94 bits per heavy atom. The summed E-state index contributed by atoms with van der Waals surface area (Å²) in [5.41, 5.74) is 6.65. The van der Waals surface area contributed by atoms with Gasteiger partial charge in [0.1, 0.15) is 0 Å². The third-order valence-corrected chi connectivity index (χ3v) is 4.00. The van der Waals surface area contributed by atoms with Crippen LogP contribution in [-0.2, 0) is 11.2 Å². The summed E-state index contributed by atoms with van der Waals surface area (Å²) >= 11 is 4.96. The molecule has 0 aliphatic heterocycles. The summed E-state index contributed by atoms with van der Waals surface area (Å²) in [5, 5.41) is 2.01. The molecular formula is C13H12BrNO2S. The Morgan fingerprint density at radius 1 is 1.39 bits per heavy atom. The van der Waals surface area contributed by atoms with E-state index in [4.69, 9.17) is 10.5 Å². The summed E-state index contributed by atoms with van der Waals surface area (Å²) in [4.78, 5) is 13.0. The van der Waals surface area contributed by atoms with Crippen LogP contribution in [-0.4, -0.2) is 12.6 Å². The van der Waals surface area contributed by atoms with Crippen molar-refractivity contribution in [2.75, 3.05) is 12.3 Å². The van der Waals surface area contributed by atoms with E-state index in [2.05, 4.69) is 15.9 Å². The molecule has 0 bridgehead atoms. The molecule has 0 saturated carbocycles. The van der Waals surface area contributed by atoms with Crippen molar-refractivity contribution in [3.05, 3.63) is 50.6 Å². The number of carbonyl (C=O) groups excluding carboxylic acids is 1. The molecule has 1 aromatic carbocycles. The van der Waals surface area contributed by atoms with Gasteiger partial charge in [0.2, 0.25) is 0 Å². The van der Waals surface area contributed by atoms with E-state index in [1.807, 2.05) is 17.5 Å². The van der Waals surface area contributed by atoms with E-state index in [0.717, 1.165) is 6.42 Å². The van der Waals surface area contributed by atoms with Gasteiger partial charge in [-0.1, -0.05) is 6.07 Å². The third-order valence-electron chi connectivity index (χ3n) is 2.37. The zero-order valence-electron chi connectivity index (χ0n) is 9.56. The number of hydrogen-bond donors (Lipinski definition) is 1. The largest absolute Gasteiger partial charge is 0.462 e. The Bertz CT molecular complexity index is 540. The maximum Gasteiger partial charge on any atom is 0.339 e. The lowest BCUT2D eigenvalue weighted by Crippen LogP contribution is -2.09. The molecule has 2 N–H and O–H groups in total. The molecule has 2 rings (SSSR count). The molecule has 0 aliphatic carbocycles. The standard InChI is InChI=1S/C13H12BrNO2S/c14-12-4-3-9(15)8-11(12)13(16)17-6-5-10-2-1-7-18-10/h1-4,7-8H,5-6,15H2. The SMILES string of the molecule is Nc1ccc(Br)c(C(=O)OCCc2cccs2)c1. The van der Waals surface area contributed by atoms with Crippen LogP contribution >= 0.6 is 27.3 Å². The molecule has 3 nitrogen and oxygen atoms in total. The molecule has 18 heavy (non-hydrogen) atoms. The summed E-state index contributed by atoms with van der Waals surface area (Å²) in [6.45, 7) is 0.376. The first-order valence-corrected chi connectivity index (χ1v) is 7.08. The predicted octanol–water partition coefficient (Wildman–Crippen LogP) is 3.49. The van der Waals surface area contributed by atoms with Crippen LogP contribution in [0.2, 0.25) is 0 Å². The highest BCUT2D eigenvalue weighted by molar-refractivity contribution is 9.10. The summed E-state index contributed by atoms with van der Waals surface area (Å²) in [6.07, 6.45) is 0.739. The lowest BCUT2D eigenvalue weighted by Gasteiger charge is -2.06. The Labute approximate surface area is 118 Å². The van der Waals surface area contributed by atoms with Gasteiger partial charge in [0, 0.05) is 21.5 Å². The van der Waals surface area contributed by atoms with Gasteiger partial charge in [-0.25, -0.2) is 4.79 Å². The van der Waals surface area contributed by atoms with Crippen LogP contribution in [0.15, 0.2) is 40.2 Å². The average molecular weight is 326 g/mol. The van der Waals surface area contributed by atoms with Crippen molar-refractivity contribution in [2.45, 2.75) is 6.42 Å². The summed E-state index contributed by atoms with van der Waals surface area (Å²) in [7, 11) is 0. The number of carbonyl (C=O) groups is 1. The molecule has 0 atom stereocenters. The minimum absolute atomic E-state index is 0.356. The molecule has 5 heteroatoms. The minimum atomic E-state index is -0.356. The van der Waals surface area contributed by atoms with Gasteiger partial charge in [0.25, 0.3) is 0 Å². The highest BCUT2D eigenvalue weighted by atomic mass is 79.9. The average Bonchev–Trinajstić information content (AvgIpc) is 2.85. The van der Waals surface area contributed by atoms with Crippen LogP contribution in [0, 0.1) is 0 Å². The van der Waals surface area contributed by atoms with Crippen LogP contribution < -0.4 is 5.73 Å².